The number of halogens is 1. The van der Waals surface area contributed by atoms with Crippen LogP contribution < -0.4 is 0 Å². The summed E-state index contributed by atoms with van der Waals surface area (Å²) in [5.74, 6) is 3.67. The highest BCUT2D eigenvalue weighted by Crippen LogP contribution is 2.18. The average molecular weight is 243 g/mol. The molecule has 0 aromatic heterocycles. The molecular formula is C13H19ClS. The monoisotopic (exact) mass is 242 g/mol. The van der Waals surface area contributed by atoms with E-state index in [0.29, 0.717) is 5.92 Å². The van der Waals surface area contributed by atoms with Crippen LogP contribution >= 0.6 is 23.4 Å². The van der Waals surface area contributed by atoms with E-state index < -0.39 is 0 Å². The first-order valence-corrected chi connectivity index (χ1v) is 7.15. The average Bonchev–Trinajstić information content (AvgIpc) is 2.25. The molecule has 0 unspecified atom stereocenters. The van der Waals surface area contributed by atoms with Gasteiger partial charge in [-0.15, -0.1) is 11.6 Å². The van der Waals surface area contributed by atoms with Crippen LogP contribution in [0.1, 0.15) is 37.3 Å². The molecule has 0 aliphatic rings. The molecule has 0 nitrogen and oxygen atoms in total. The lowest BCUT2D eigenvalue weighted by molar-refractivity contribution is 0.866. The van der Waals surface area contributed by atoms with Crippen molar-refractivity contribution in [2.75, 3.05) is 11.6 Å². The topological polar surface area (TPSA) is 0 Å². The molecule has 15 heavy (non-hydrogen) atoms. The Bertz CT molecular complexity index is 266. The van der Waals surface area contributed by atoms with Gasteiger partial charge >= 0.3 is 0 Å². The number of alkyl halides is 1. The minimum atomic E-state index is 0.628. The van der Waals surface area contributed by atoms with Crippen LogP contribution in [0.15, 0.2) is 24.3 Å². The quantitative estimate of drug-likeness (QED) is 0.516. The largest absolute Gasteiger partial charge is 0.157 e. The van der Waals surface area contributed by atoms with Gasteiger partial charge in [-0.1, -0.05) is 38.1 Å². The molecule has 0 N–H and O–H groups in total. The Morgan fingerprint density at radius 2 is 1.87 bits per heavy atom. The van der Waals surface area contributed by atoms with Gasteiger partial charge in [0.25, 0.3) is 0 Å². The van der Waals surface area contributed by atoms with Gasteiger partial charge in [0.1, 0.15) is 0 Å². The molecule has 1 aromatic rings. The van der Waals surface area contributed by atoms with Gasteiger partial charge < -0.3 is 0 Å². The molecule has 0 spiro atoms. The molecule has 0 saturated carbocycles. The van der Waals surface area contributed by atoms with Crippen LogP contribution in [-0.4, -0.2) is 11.6 Å². The van der Waals surface area contributed by atoms with Crippen molar-refractivity contribution in [3.8, 4) is 0 Å². The molecule has 0 bridgehead atoms. The Balaban J connectivity index is 2.36. The summed E-state index contributed by atoms with van der Waals surface area (Å²) in [6.45, 7) is 4.45. The van der Waals surface area contributed by atoms with Gasteiger partial charge in [-0.2, -0.15) is 11.8 Å². The normalized spacial score (nSPS) is 10.9. The molecule has 2 heteroatoms. The van der Waals surface area contributed by atoms with Crippen molar-refractivity contribution in [1.29, 1.82) is 0 Å². The van der Waals surface area contributed by atoms with E-state index in [0.717, 1.165) is 23.8 Å². The summed E-state index contributed by atoms with van der Waals surface area (Å²) in [5.41, 5.74) is 2.84. The van der Waals surface area contributed by atoms with E-state index in [1.54, 1.807) is 0 Å². The van der Waals surface area contributed by atoms with Crippen molar-refractivity contribution in [2.24, 2.45) is 0 Å². The lowest BCUT2D eigenvalue weighted by atomic mass is 10.0. The Morgan fingerprint density at radius 1 is 1.20 bits per heavy atom. The number of hydrogen-bond acceptors (Lipinski definition) is 1. The lowest BCUT2D eigenvalue weighted by Gasteiger charge is -2.06. The number of thioether (sulfide) groups is 1. The zero-order valence-corrected chi connectivity index (χ0v) is 11.1. The summed E-state index contributed by atoms with van der Waals surface area (Å²) in [7, 11) is 0. The number of rotatable bonds is 6. The van der Waals surface area contributed by atoms with Crippen LogP contribution in [-0.2, 0) is 5.75 Å². The Morgan fingerprint density at radius 3 is 2.40 bits per heavy atom. The Hall–Kier alpha value is -0.140. The van der Waals surface area contributed by atoms with Crippen molar-refractivity contribution in [1.82, 2.24) is 0 Å². The molecule has 0 atom stereocenters. The van der Waals surface area contributed by atoms with E-state index in [-0.39, 0.29) is 0 Å². The molecule has 0 radical (unpaired) electrons. The van der Waals surface area contributed by atoms with Crippen LogP contribution in [0.5, 0.6) is 0 Å². The van der Waals surface area contributed by atoms with Gasteiger partial charge in [0.15, 0.2) is 0 Å². The first-order valence-electron chi connectivity index (χ1n) is 5.46. The molecular weight excluding hydrogens is 224 g/mol. The smallest absolute Gasteiger partial charge is 0.0231 e. The van der Waals surface area contributed by atoms with Crippen LogP contribution in [0.3, 0.4) is 0 Å². The second-order valence-corrected chi connectivity index (χ2v) is 5.47. The van der Waals surface area contributed by atoms with Crippen molar-refractivity contribution in [3.63, 3.8) is 0 Å². The third-order valence-corrected chi connectivity index (χ3v) is 3.72. The van der Waals surface area contributed by atoms with Crippen molar-refractivity contribution >= 4 is 23.4 Å². The summed E-state index contributed by atoms with van der Waals surface area (Å²) in [6.07, 6.45) is 1.11. The van der Waals surface area contributed by atoms with Crippen molar-refractivity contribution in [2.45, 2.75) is 31.9 Å². The summed E-state index contributed by atoms with van der Waals surface area (Å²) >= 11 is 7.59. The molecule has 0 amide bonds. The summed E-state index contributed by atoms with van der Waals surface area (Å²) in [4.78, 5) is 0. The SMILES string of the molecule is CC(C)c1ccc(CSCCCCl)cc1. The first-order chi connectivity index (χ1) is 7.24. The van der Waals surface area contributed by atoms with E-state index >= 15 is 0 Å². The molecule has 0 aliphatic carbocycles. The molecule has 84 valence electrons. The van der Waals surface area contributed by atoms with Crippen molar-refractivity contribution in [3.05, 3.63) is 35.4 Å². The van der Waals surface area contributed by atoms with Crippen LogP contribution in [0.2, 0.25) is 0 Å². The van der Waals surface area contributed by atoms with Gasteiger partial charge in [0, 0.05) is 11.6 Å². The highest BCUT2D eigenvalue weighted by molar-refractivity contribution is 7.98. The third kappa shape index (κ3) is 4.94. The zero-order chi connectivity index (χ0) is 11.1. The Kier molecular flexibility index (Phi) is 6.19. The summed E-state index contributed by atoms with van der Waals surface area (Å²) in [5, 5.41) is 0. The maximum Gasteiger partial charge on any atom is 0.0231 e. The van der Waals surface area contributed by atoms with E-state index in [9.17, 15) is 0 Å². The van der Waals surface area contributed by atoms with E-state index in [1.165, 1.54) is 11.1 Å². The molecule has 0 fully saturated rings. The minimum Gasteiger partial charge on any atom is -0.157 e. The highest BCUT2D eigenvalue weighted by atomic mass is 35.5. The molecule has 0 heterocycles. The molecule has 0 aliphatic heterocycles. The predicted octanol–water partition coefficient (Wildman–Crippen LogP) is 4.67. The zero-order valence-electron chi connectivity index (χ0n) is 9.50. The second kappa shape index (κ2) is 7.19. The van der Waals surface area contributed by atoms with E-state index in [4.69, 9.17) is 11.6 Å². The van der Waals surface area contributed by atoms with Crippen LogP contribution in [0, 0.1) is 0 Å². The summed E-state index contributed by atoms with van der Waals surface area (Å²) < 4.78 is 0. The van der Waals surface area contributed by atoms with E-state index in [2.05, 4.69) is 38.1 Å². The van der Waals surface area contributed by atoms with Crippen LogP contribution in [0.4, 0.5) is 0 Å². The Labute approximate surface area is 102 Å². The standard InChI is InChI=1S/C13H19ClS/c1-11(2)13-6-4-12(5-7-13)10-15-9-3-8-14/h4-7,11H,3,8-10H2,1-2H3. The van der Waals surface area contributed by atoms with Gasteiger partial charge in [0.2, 0.25) is 0 Å². The molecule has 1 rings (SSSR count). The highest BCUT2D eigenvalue weighted by Gasteiger charge is 1.98. The summed E-state index contributed by atoms with van der Waals surface area (Å²) in [6, 6.07) is 8.95. The fraction of sp³-hybridized carbons (Fsp3) is 0.538. The minimum absolute atomic E-state index is 0.628. The lowest BCUT2D eigenvalue weighted by Crippen LogP contribution is -1.89. The fourth-order valence-corrected chi connectivity index (χ4v) is 2.56. The third-order valence-electron chi connectivity index (χ3n) is 2.34. The maximum absolute atomic E-state index is 5.63. The van der Waals surface area contributed by atoms with Gasteiger partial charge in [-0.3, -0.25) is 0 Å². The molecule has 1 aromatic carbocycles. The van der Waals surface area contributed by atoms with Crippen LogP contribution in [0.25, 0.3) is 0 Å². The van der Waals surface area contributed by atoms with Gasteiger partial charge in [-0.05, 0) is 29.2 Å². The first kappa shape index (κ1) is 12.9. The predicted molar refractivity (Wildman–Crippen MR) is 72.0 cm³/mol. The van der Waals surface area contributed by atoms with Gasteiger partial charge in [0.05, 0.1) is 0 Å². The number of benzene rings is 1. The second-order valence-electron chi connectivity index (χ2n) is 3.99. The van der Waals surface area contributed by atoms with Gasteiger partial charge in [-0.25, -0.2) is 0 Å². The fourth-order valence-electron chi connectivity index (χ4n) is 1.35. The number of hydrogen-bond donors (Lipinski definition) is 0. The molecule has 0 saturated heterocycles. The van der Waals surface area contributed by atoms with E-state index in [1.807, 2.05) is 11.8 Å². The maximum atomic E-state index is 5.63. The van der Waals surface area contributed by atoms with Crippen molar-refractivity contribution < 1.29 is 0 Å².